The highest BCUT2D eigenvalue weighted by Crippen LogP contribution is 2.38. The Balaban J connectivity index is 2.26. The van der Waals surface area contributed by atoms with Gasteiger partial charge in [0.05, 0.1) is 4.92 Å². The Morgan fingerprint density at radius 1 is 0.944 bits per heavy atom. The van der Waals surface area contributed by atoms with Crippen molar-refractivity contribution in [3.8, 4) is 11.1 Å². The van der Waals surface area contributed by atoms with Crippen LogP contribution >= 0.6 is 22.6 Å². The first-order valence-corrected chi connectivity index (χ1v) is 6.29. The molecule has 4 nitrogen and oxygen atoms in total. The lowest BCUT2D eigenvalue weighted by atomic mass is 10.1. The second-order valence-electron chi connectivity index (χ2n) is 4.01. The molecule has 0 atom stereocenters. The fraction of sp³-hybridized carbons (Fsp3) is 0. The van der Waals surface area contributed by atoms with Crippen LogP contribution < -0.4 is 0 Å². The minimum absolute atomic E-state index is 0.0513. The normalized spacial score (nSPS) is 12.2. The minimum Gasteiger partial charge on any atom is -0.289 e. The number of benzene rings is 2. The number of non-ortho nitro benzene ring substituents is 1. The van der Waals surface area contributed by atoms with E-state index in [-0.39, 0.29) is 11.5 Å². The summed E-state index contributed by atoms with van der Waals surface area (Å²) >= 11 is 2.14. The van der Waals surface area contributed by atoms with E-state index < -0.39 is 4.92 Å². The van der Waals surface area contributed by atoms with Crippen LogP contribution in [0.25, 0.3) is 11.1 Å². The number of rotatable bonds is 1. The molecule has 2 aromatic carbocycles. The van der Waals surface area contributed by atoms with Crippen LogP contribution in [0.3, 0.4) is 0 Å². The maximum absolute atomic E-state index is 12.2. The van der Waals surface area contributed by atoms with E-state index in [1.165, 1.54) is 12.1 Å². The highest BCUT2D eigenvalue weighted by Gasteiger charge is 2.28. The first kappa shape index (κ1) is 11.3. The average molecular weight is 351 g/mol. The Labute approximate surface area is 116 Å². The zero-order valence-electron chi connectivity index (χ0n) is 9.01. The SMILES string of the molecule is O=C1c2cc(I)ccc2-c2ccc([N+](=O)[O-])cc21. The van der Waals surface area contributed by atoms with E-state index in [1.807, 2.05) is 18.2 Å². The van der Waals surface area contributed by atoms with Crippen molar-refractivity contribution in [2.45, 2.75) is 0 Å². The van der Waals surface area contributed by atoms with Crippen molar-refractivity contribution in [2.24, 2.45) is 0 Å². The van der Waals surface area contributed by atoms with Crippen molar-refractivity contribution >= 4 is 34.1 Å². The fourth-order valence-electron chi connectivity index (χ4n) is 2.15. The van der Waals surface area contributed by atoms with E-state index in [0.717, 1.165) is 14.7 Å². The molecule has 0 amide bonds. The number of fused-ring (bicyclic) bond motifs is 3. The van der Waals surface area contributed by atoms with E-state index >= 15 is 0 Å². The molecule has 0 saturated heterocycles. The quantitative estimate of drug-likeness (QED) is 0.384. The predicted molar refractivity (Wildman–Crippen MR) is 74.7 cm³/mol. The number of hydrogen-bond acceptors (Lipinski definition) is 3. The Kier molecular flexibility index (Phi) is 2.44. The molecule has 0 unspecified atom stereocenters. The first-order chi connectivity index (χ1) is 8.58. The van der Waals surface area contributed by atoms with Crippen LogP contribution in [0.4, 0.5) is 5.69 Å². The monoisotopic (exact) mass is 351 g/mol. The van der Waals surface area contributed by atoms with Gasteiger partial charge in [0.2, 0.25) is 0 Å². The van der Waals surface area contributed by atoms with Gasteiger partial charge in [0.1, 0.15) is 0 Å². The number of nitro benzene ring substituents is 1. The van der Waals surface area contributed by atoms with E-state index in [0.29, 0.717) is 11.1 Å². The van der Waals surface area contributed by atoms with Crippen molar-refractivity contribution in [2.75, 3.05) is 0 Å². The molecule has 0 aliphatic heterocycles. The molecule has 3 rings (SSSR count). The Morgan fingerprint density at radius 3 is 2.22 bits per heavy atom. The van der Waals surface area contributed by atoms with Gasteiger partial charge in [0.25, 0.3) is 5.69 Å². The number of hydrogen-bond donors (Lipinski definition) is 0. The van der Waals surface area contributed by atoms with Gasteiger partial charge in [-0.05, 0) is 51.9 Å². The van der Waals surface area contributed by atoms with E-state index in [1.54, 1.807) is 6.07 Å². The molecule has 0 fully saturated rings. The van der Waals surface area contributed by atoms with Crippen LogP contribution in [0.15, 0.2) is 36.4 Å². The summed E-state index contributed by atoms with van der Waals surface area (Å²) in [5.41, 5.74) is 2.62. The molecular weight excluding hydrogens is 345 g/mol. The standard InChI is InChI=1S/C13H6INO3/c14-7-1-3-9-10-4-2-8(15(17)18)6-12(10)13(16)11(9)5-7/h1-6H. The van der Waals surface area contributed by atoms with E-state index in [9.17, 15) is 14.9 Å². The van der Waals surface area contributed by atoms with Gasteiger partial charge in [-0.25, -0.2) is 0 Å². The van der Waals surface area contributed by atoms with Crippen LogP contribution in [0.5, 0.6) is 0 Å². The molecule has 88 valence electrons. The number of nitrogens with zero attached hydrogens (tertiary/aromatic N) is 1. The Hall–Kier alpha value is -1.76. The van der Waals surface area contributed by atoms with Gasteiger partial charge in [-0.3, -0.25) is 14.9 Å². The van der Waals surface area contributed by atoms with Crippen LogP contribution in [-0.2, 0) is 0 Å². The number of halogens is 1. The van der Waals surface area contributed by atoms with E-state index in [4.69, 9.17) is 0 Å². The molecule has 2 aromatic rings. The maximum Gasteiger partial charge on any atom is 0.270 e. The summed E-state index contributed by atoms with van der Waals surface area (Å²) in [7, 11) is 0. The molecular formula is C13H6INO3. The summed E-state index contributed by atoms with van der Waals surface area (Å²) in [6.45, 7) is 0. The second-order valence-corrected chi connectivity index (χ2v) is 5.25. The third-order valence-corrected chi connectivity index (χ3v) is 3.65. The summed E-state index contributed by atoms with van der Waals surface area (Å²) in [5, 5.41) is 10.7. The summed E-state index contributed by atoms with van der Waals surface area (Å²) in [6.07, 6.45) is 0. The van der Waals surface area contributed by atoms with Gasteiger partial charge in [-0.15, -0.1) is 0 Å². The van der Waals surface area contributed by atoms with Crippen molar-refractivity contribution in [3.05, 3.63) is 61.2 Å². The molecule has 0 heterocycles. The van der Waals surface area contributed by atoms with Crippen molar-refractivity contribution in [3.63, 3.8) is 0 Å². The molecule has 0 aromatic heterocycles. The fourth-order valence-corrected chi connectivity index (χ4v) is 2.64. The van der Waals surface area contributed by atoms with Crippen molar-refractivity contribution < 1.29 is 9.72 Å². The highest BCUT2D eigenvalue weighted by molar-refractivity contribution is 14.1. The van der Waals surface area contributed by atoms with Crippen LogP contribution in [0.1, 0.15) is 15.9 Å². The maximum atomic E-state index is 12.2. The predicted octanol–water partition coefficient (Wildman–Crippen LogP) is 3.41. The van der Waals surface area contributed by atoms with Crippen molar-refractivity contribution in [1.82, 2.24) is 0 Å². The molecule has 1 aliphatic rings. The van der Waals surface area contributed by atoms with Crippen LogP contribution in [-0.4, -0.2) is 10.7 Å². The van der Waals surface area contributed by atoms with Crippen LogP contribution in [0.2, 0.25) is 0 Å². The number of nitro groups is 1. The molecule has 0 N–H and O–H groups in total. The average Bonchev–Trinajstić information content (AvgIpc) is 2.62. The zero-order valence-corrected chi connectivity index (χ0v) is 11.2. The number of carbonyl (C=O) groups is 1. The molecule has 0 radical (unpaired) electrons. The molecule has 5 heteroatoms. The molecule has 1 aliphatic carbocycles. The highest BCUT2D eigenvalue weighted by atomic mass is 127. The lowest BCUT2D eigenvalue weighted by Crippen LogP contribution is -1.97. The smallest absolute Gasteiger partial charge is 0.270 e. The van der Waals surface area contributed by atoms with Gasteiger partial charge >= 0.3 is 0 Å². The third kappa shape index (κ3) is 1.54. The van der Waals surface area contributed by atoms with Crippen LogP contribution in [0, 0.1) is 13.7 Å². The summed E-state index contributed by atoms with van der Waals surface area (Å²) < 4.78 is 0.974. The van der Waals surface area contributed by atoms with Gasteiger partial charge < -0.3 is 0 Å². The van der Waals surface area contributed by atoms with Gasteiger partial charge in [-0.1, -0.05) is 6.07 Å². The molecule has 18 heavy (non-hydrogen) atoms. The van der Waals surface area contributed by atoms with Crippen molar-refractivity contribution in [1.29, 1.82) is 0 Å². The Morgan fingerprint density at radius 2 is 1.56 bits per heavy atom. The molecule has 0 spiro atoms. The zero-order chi connectivity index (χ0) is 12.9. The molecule has 0 saturated carbocycles. The summed E-state index contributed by atoms with van der Waals surface area (Å²) in [6, 6.07) is 10.0. The second kappa shape index (κ2) is 3.88. The minimum atomic E-state index is -0.486. The van der Waals surface area contributed by atoms with Gasteiger partial charge in [-0.2, -0.15) is 0 Å². The number of ketones is 1. The topological polar surface area (TPSA) is 60.2 Å². The molecule has 0 bridgehead atoms. The lowest BCUT2D eigenvalue weighted by Gasteiger charge is -1.99. The number of carbonyl (C=O) groups excluding carboxylic acids is 1. The first-order valence-electron chi connectivity index (χ1n) is 5.21. The largest absolute Gasteiger partial charge is 0.289 e. The van der Waals surface area contributed by atoms with Gasteiger partial charge in [0.15, 0.2) is 5.78 Å². The van der Waals surface area contributed by atoms with E-state index in [2.05, 4.69) is 22.6 Å². The Bertz CT molecular complexity index is 709. The third-order valence-electron chi connectivity index (χ3n) is 2.98. The lowest BCUT2D eigenvalue weighted by molar-refractivity contribution is -0.384. The summed E-state index contributed by atoms with van der Waals surface area (Å²) in [5.74, 6) is -0.137. The summed E-state index contributed by atoms with van der Waals surface area (Å²) in [4.78, 5) is 22.4. The van der Waals surface area contributed by atoms with Gasteiger partial charge in [0, 0.05) is 26.8 Å².